The summed E-state index contributed by atoms with van der Waals surface area (Å²) in [4.78, 5) is 13.7. The van der Waals surface area contributed by atoms with Gasteiger partial charge in [-0.3, -0.25) is 9.69 Å². The number of hydrogen-bond acceptors (Lipinski definition) is 5. The van der Waals surface area contributed by atoms with Crippen molar-refractivity contribution in [1.29, 1.82) is 0 Å². The maximum absolute atomic E-state index is 11.6. The molecule has 2 heterocycles. The van der Waals surface area contributed by atoms with E-state index >= 15 is 0 Å². The van der Waals surface area contributed by atoms with Gasteiger partial charge >= 0.3 is 5.97 Å². The first-order chi connectivity index (χ1) is 8.20. The first-order valence-electron chi connectivity index (χ1n) is 5.33. The summed E-state index contributed by atoms with van der Waals surface area (Å²) in [6.07, 6.45) is 0. The Labute approximate surface area is 113 Å². The number of rotatable bonds is 3. The van der Waals surface area contributed by atoms with Crippen molar-refractivity contribution < 1.29 is 14.3 Å². The second kappa shape index (κ2) is 5.95. The minimum absolute atomic E-state index is 0.223. The molecular formula is C11H14BrNO3S. The van der Waals surface area contributed by atoms with Crippen molar-refractivity contribution in [3.05, 3.63) is 20.8 Å². The van der Waals surface area contributed by atoms with Crippen LogP contribution in [0.5, 0.6) is 0 Å². The maximum Gasteiger partial charge on any atom is 0.325 e. The highest BCUT2D eigenvalue weighted by Gasteiger charge is 2.30. The maximum atomic E-state index is 11.6. The van der Waals surface area contributed by atoms with E-state index < -0.39 is 0 Å². The molecule has 0 N–H and O–H groups in total. The highest BCUT2D eigenvalue weighted by atomic mass is 79.9. The molecule has 1 atom stereocenters. The van der Waals surface area contributed by atoms with Gasteiger partial charge in [-0.25, -0.2) is 0 Å². The van der Waals surface area contributed by atoms with Crippen LogP contribution in [0, 0.1) is 0 Å². The molecule has 1 saturated heterocycles. The molecule has 0 aromatic carbocycles. The van der Waals surface area contributed by atoms with E-state index in [1.54, 1.807) is 11.3 Å². The molecule has 1 aliphatic rings. The first kappa shape index (κ1) is 13.0. The van der Waals surface area contributed by atoms with E-state index in [1.807, 2.05) is 0 Å². The Hall–Kier alpha value is -0.430. The smallest absolute Gasteiger partial charge is 0.325 e. The SMILES string of the molecule is COC(=O)C1COCCN1Cc1csc(Br)c1. The number of ether oxygens (including phenoxy) is 2. The Morgan fingerprint density at radius 1 is 1.76 bits per heavy atom. The molecule has 0 bridgehead atoms. The topological polar surface area (TPSA) is 38.8 Å². The second-order valence-electron chi connectivity index (χ2n) is 3.84. The minimum Gasteiger partial charge on any atom is -0.468 e. The predicted molar refractivity (Wildman–Crippen MR) is 69.1 cm³/mol. The van der Waals surface area contributed by atoms with Crippen LogP contribution in [0.4, 0.5) is 0 Å². The number of nitrogens with zero attached hydrogens (tertiary/aromatic N) is 1. The van der Waals surface area contributed by atoms with E-state index in [4.69, 9.17) is 9.47 Å². The minimum atomic E-state index is -0.285. The van der Waals surface area contributed by atoms with Gasteiger partial charge in [0, 0.05) is 13.1 Å². The highest BCUT2D eigenvalue weighted by molar-refractivity contribution is 9.11. The molecule has 0 radical (unpaired) electrons. The van der Waals surface area contributed by atoms with E-state index in [0.717, 1.165) is 16.9 Å². The van der Waals surface area contributed by atoms with E-state index in [2.05, 4.69) is 32.3 Å². The molecule has 1 aliphatic heterocycles. The summed E-state index contributed by atoms with van der Waals surface area (Å²) in [5.74, 6) is -0.223. The first-order valence-corrected chi connectivity index (χ1v) is 7.00. The average molecular weight is 320 g/mol. The van der Waals surface area contributed by atoms with Gasteiger partial charge in [0.15, 0.2) is 0 Å². The number of methoxy groups -OCH3 is 1. The molecule has 1 fully saturated rings. The summed E-state index contributed by atoms with van der Waals surface area (Å²) in [6.45, 7) is 2.59. The van der Waals surface area contributed by atoms with Crippen LogP contribution in [0.1, 0.15) is 5.56 Å². The van der Waals surface area contributed by atoms with Crippen LogP contribution < -0.4 is 0 Å². The number of morpholine rings is 1. The van der Waals surface area contributed by atoms with Crippen molar-refractivity contribution >= 4 is 33.2 Å². The highest BCUT2D eigenvalue weighted by Crippen LogP contribution is 2.23. The fourth-order valence-electron chi connectivity index (χ4n) is 1.84. The van der Waals surface area contributed by atoms with Crippen LogP contribution in [-0.2, 0) is 20.8 Å². The fraction of sp³-hybridized carbons (Fsp3) is 0.545. The molecule has 2 rings (SSSR count). The quantitative estimate of drug-likeness (QED) is 0.797. The third-order valence-electron chi connectivity index (χ3n) is 2.72. The molecule has 94 valence electrons. The van der Waals surface area contributed by atoms with Gasteiger partial charge in [0.05, 0.1) is 24.1 Å². The molecular weight excluding hydrogens is 306 g/mol. The summed E-state index contributed by atoms with van der Waals surface area (Å²) in [5.41, 5.74) is 1.21. The molecule has 1 aromatic rings. The third-order valence-corrected chi connectivity index (χ3v) is 4.27. The number of halogens is 1. The number of thiophene rings is 1. The van der Waals surface area contributed by atoms with E-state index in [0.29, 0.717) is 13.2 Å². The molecule has 1 unspecified atom stereocenters. The normalized spacial score (nSPS) is 21.4. The zero-order valence-electron chi connectivity index (χ0n) is 9.52. The van der Waals surface area contributed by atoms with Crippen molar-refractivity contribution in [2.45, 2.75) is 12.6 Å². The van der Waals surface area contributed by atoms with Crippen LogP contribution in [0.2, 0.25) is 0 Å². The van der Waals surface area contributed by atoms with Gasteiger partial charge in [-0.2, -0.15) is 0 Å². The Bertz CT molecular complexity index is 396. The van der Waals surface area contributed by atoms with Crippen molar-refractivity contribution in [3.8, 4) is 0 Å². The van der Waals surface area contributed by atoms with Gasteiger partial charge in [0.25, 0.3) is 0 Å². The van der Waals surface area contributed by atoms with Crippen molar-refractivity contribution in [2.24, 2.45) is 0 Å². The Morgan fingerprint density at radius 3 is 3.24 bits per heavy atom. The third kappa shape index (κ3) is 3.28. The van der Waals surface area contributed by atoms with Crippen molar-refractivity contribution in [3.63, 3.8) is 0 Å². The molecule has 17 heavy (non-hydrogen) atoms. The Balaban J connectivity index is 2.03. The van der Waals surface area contributed by atoms with Crippen LogP contribution in [0.25, 0.3) is 0 Å². The molecule has 0 amide bonds. The molecule has 1 aromatic heterocycles. The Morgan fingerprint density at radius 2 is 2.59 bits per heavy atom. The van der Waals surface area contributed by atoms with Crippen molar-refractivity contribution in [2.75, 3.05) is 26.9 Å². The number of esters is 1. The van der Waals surface area contributed by atoms with E-state index in [-0.39, 0.29) is 12.0 Å². The summed E-state index contributed by atoms with van der Waals surface area (Å²) in [5, 5.41) is 2.09. The molecule has 0 spiro atoms. The van der Waals surface area contributed by atoms with Crippen LogP contribution in [-0.4, -0.2) is 43.8 Å². The van der Waals surface area contributed by atoms with Gasteiger partial charge in [0.2, 0.25) is 0 Å². The summed E-state index contributed by atoms with van der Waals surface area (Å²) in [7, 11) is 1.41. The molecule has 6 heteroatoms. The number of hydrogen-bond donors (Lipinski definition) is 0. The average Bonchev–Trinajstić information content (AvgIpc) is 2.74. The summed E-state index contributed by atoms with van der Waals surface area (Å²) < 4.78 is 11.2. The number of carbonyl (C=O) groups is 1. The lowest BCUT2D eigenvalue weighted by molar-refractivity contribution is -0.153. The van der Waals surface area contributed by atoms with Crippen LogP contribution in [0.3, 0.4) is 0 Å². The standard InChI is InChI=1S/C11H14BrNO3S/c1-15-11(14)9-6-16-3-2-13(9)5-8-4-10(12)17-7-8/h4,7,9H,2-3,5-6H2,1H3. The Kier molecular flexibility index (Phi) is 4.55. The van der Waals surface area contributed by atoms with Gasteiger partial charge < -0.3 is 9.47 Å². The predicted octanol–water partition coefficient (Wildman–Crippen LogP) is 1.88. The lowest BCUT2D eigenvalue weighted by atomic mass is 10.2. The molecule has 0 saturated carbocycles. The van der Waals surface area contributed by atoms with Gasteiger partial charge in [-0.15, -0.1) is 11.3 Å². The van der Waals surface area contributed by atoms with Gasteiger partial charge in [-0.05, 0) is 32.9 Å². The van der Waals surface area contributed by atoms with Crippen LogP contribution in [0.15, 0.2) is 15.2 Å². The summed E-state index contributed by atoms with van der Waals surface area (Å²) in [6, 6.07) is 1.79. The second-order valence-corrected chi connectivity index (χ2v) is 6.13. The lowest BCUT2D eigenvalue weighted by Gasteiger charge is -2.33. The zero-order valence-corrected chi connectivity index (χ0v) is 11.9. The monoisotopic (exact) mass is 319 g/mol. The fourth-order valence-corrected chi connectivity index (χ4v) is 3.04. The number of carbonyl (C=O) groups excluding carboxylic acids is 1. The molecule has 4 nitrogen and oxygen atoms in total. The zero-order chi connectivity index (χ0) is 12.3. The molecule has 0 aliphatic carbocycles. The van der Waals surface area contributed by atoms with Gasteiger partial charge in [-0.1, -0.05) is 0 Å². The summed E-state index contributed by atoms with van der Waals surface area (Å²) >= 11 is 5.09. The van der Waals surface area contributed by atoms with Gasteiger partial charge in [0.1, 0.15) is 6.04 Å². The lowest BCUT2D eigenvalue weighted by Crippen LogP contribution is -2.49. The largest absolute Gasteiger partial charge is 0.468 e. The van der Waals surface area contributed by atoms with E-state index in [9.17, 15) is 4.79 Å². The van der Waals surface area contributed by atoms with Crippen molar-refractivity contribution in [1.82, 2.24) is 4.90 Å². The van der Waals surface area contributed by atoms with E-state index in [1.165, 1.54) is 12.7 Å². The van der Waals surface area contributed by atoms with Crippen LogP contribution >= 0.6 is 27.3 Å².